The topological polar surface area (TPSA) is 21.3 Å². The Morgan fingerprint density at radius 2 is 2.50 bits per heavy atom. The van der Waals surface area contributed by atoms with Crippen molar-refractivity contribution < 1.29 is 4.74 Å². The largest absolute Gasteiger partial charge is 0.381 e. The molecule has 0 saturated carbocycles. The van der Waals surface area contributed by atoms with Gasteiger partial charge in [0.25, 0.3) is 0 Å². The molecule has 0 bridgehead atoms. The molecule has 1 unspecified atom stereocenters. The van der Waals surface area contributed by atoms with Crippen LogP contribution < -0.4 is 5.32 Å². The maximum atomic E-state index is 5.36. The lowest BCUT2D eigenvalue weighted by Gasteiger charge is -2.21. The van der Waals surface area contributed by atoms with E-state index in [9.17, 15) is 0 Å². The Labute approximate surface area is 74.7 Å². The molecule has 0 amide bonds. The molecule has 0 aliphatic carbocycles. The van der Waals surface area contributed by atoms with Gasteiger partial charge in [0.1, 0.15) is 0 Å². The smallest absolute Gasteiger partial charge is 0.0576 e. The third-order valence-electron chi connectivity index (χ3n) is 2.08. The quantitative estimate of drug-likeness (QED) is 0.500. The number of hydrogen-bond donors (Lipinski definition) is 1. The van der Waals surface area contributed by atoms with E-state index in [1.165, 1.54) is 12.8 Å². The average Bonchev–Trinajstić information content (AvgIpc) is 2.14. The van der Waals surface area contributed by atoms with Gasteiger partial charge in [0.15, 0.2) is 0 Å². The van der Waals surface area contributed by atoms with Gasteiger partial charge in [-0.3, -0.25) is 0 Å². The maximum Gasteiger partial charge on any atom is 0.0576 e. The standard InChI is InChI=1S/C10H17NO/c1-2-3-6-11-8-10-5-4-7-12-9-10/h10-11H,4-9H2,1H3. The first kappa shape index (κ1) is 9.57. The van der Waals surface area contributed by atoms with Crippen LogP contribution >= 0.6 is 0 Å². The summed E-state index contributed by atoms with van der Waals surface area (Å²) in [7, 11) is 0. The van der Waals surface area contributed by atoms with Crippen LogP contribution in [0.5, 0.6) is 0 Å². The molecule has 1 aliphatic rings. The normalized spacial score (nSPS) is 22.9. The molecule has 1 heterocycles. The summed E-state index contributed by atoms with van der Waals surface area (Å²) in [6.07, 6.45) is 2.51. The number of hydrogen-bond acceptors (Lipinski definition) is 2. The Bertz CT molecular complexity index is 162. The van der Waals surface area contributed by atoms with E-state index in [-0.39, 0.29) is 0 Å². The van der Waals surface area contributed by atoms with E-state index >= 15 is 0 Å². The zero-order valence-corrected chi connectivity index (χ0v) is 7.73. The summed E-state index contributed by atoms with van der Waals surface area (Å²) >= 11 is 0. The lowest BCUT2D eigenvalue weighted by atomic mass is 10.0. The summed E-state index contributed by atoms with van der Waals surface area (Å²) < 4.78 is 5.36. The van der Waals surface area contributed by atoms with Crippen LogP contribution in [0, 0.1) is 17.8 Å². The monoisotopic (exact) mass is 167 g/mol. The predicted octanol–water partition coefficient (Wildman–Crippen LogP) is 1.03. The number of ether oxygens (including phenoxy) is 1. The van der Waals surface area contributed by atoms with Crippen molar-refractivity contribution in [3.8, 4) is 11.8 Å². The fraction of sp³-hybridized carbons (Fsp3) is 0.800. The SMILES string of the molecule is CC#CCNCC1CCCOC1. The van der Waals surface area contributed by atoms with Gasteiger partial charge in [-0.15, -0.1) is 5.92 Å². The van der Waals surface area contributed by atoms with E-state index in [2.05, 4.69) is 17.2 Å². The van der Waals surface area contributed by atoms with Crippen LogP contribution in [-0.4, -0.2) is 26.3 Å². The third-order valence-corrected chi connectivity index (χ3v) is 2.08. The Balaban J connectivity index is 2.00. The molecule has 1 rings (SSSR count). The van der Waals surface area contributed by atoms with E-state index in [1.54, 1.807) is 0 Å². The van der Waals surface area contributed by atoms with Crippen molar-refractivity contribution in [1.82, 2.24) is 5.32 Å². The van der Waals surface area contributed by atoms with Crippen molar-refractivity contribution in [2.45, 2.75) is 19.8 Å². The fourth-order valence-corrected chi connectivity index (χ4v) is 1.40. The average molecular weight is 167 g/mol. The van der Waals surface area contributed by atoms with Crippen molar-refractivity contribution in [1.29, 1.82) is 0 Å². The van der Waals surface area contributed by atoms with Gasteiger partial charge >= 0.3 is 0 Å². The van der Waals surface area contributed by atoms with Crippen LogP contribution in [0.2, 0.25) is 0 Å². The molecule has 12 heavy (non-hydrogen) atoms. The van der Waals surface area contributed by atoms with Gasteiger partial charge in [-0.05, 0) is 25.7 Å². The summed E-state index contributed by atoms with van der Waals surface area (Å²) in [5.41, 5.74) is 0. The van der Waals surface area contributed by atoms with E-state index in [1.807, 2.05) is 6.92 Å². The highest BCUT2D eigenvalue weighted by Crippen LogP contribution is 2.11. The van der Waals surface area contributed by atoms with Gasteiger partial charge in [-0.25, -0.2) is 0 Å². The van der Waals surface area contributed by atoms with Crippen LogP contribution in [0.4, 0.5) is 0 Å². The molecule has 1 N–H and O–H groups in total. The highest BCUT2D eigenvalue weighted by molar-refractivity contribution is 4.96. The molecule has 1 atom stereocenters. The van der Waals surface area contributed by atoms with Crippen LogP contribution in [0.3, 0.4) is 0 Å². The van der Waals surface area contributed by atoms with Crippen LogP contribution in [0.25, 0.3) is 0 Å². The highest BCUT2D eigenvalue weighted by Gasteiger charge is 2.12. The zero-order valence-electron chi connectivity index (χ0n) is 7.73. The molecule has 1 fully saturated rings. The predicted molar refractivity (Wildman–Crippen MR) is 49.9 cm³/mol. The van der Waals surface area contributed by atoms with Crippen molar-refractivity contribution in [2.75, 3.05) is 26.3 Å². The minimum Gasteiger partial charge on any atom is -0.381 e. The highest BCUT2D eigenvalue weighted by atomic mass is 16.5. The molecule has 0 aromatic heterocycles. The summed E-state index contributed by atoms with van der Waals surface area (Å²) in [5.74, 6) is 6.55. The van der Waals surface area contributed by atoms with Crippen LogP contribution in [0.1, 0.15) is 19.8 Å². The number of rotatable bonds is 3. The summed E-state index contributed by atoms with van der Waals surface area (Å²) in [5, 5.41) is 3.30. The van der Waals surface area contributed by atoms with Crippen molar-refractivity contribution in [3.63, 3.8) is 0 Å². The summed E-state index contributed by atoms with van der Waals surface area (Å²) in [4.78, 5) is 0. The van der Waals surface area contributed by atoms with Crippen molar-refractivity contribution >= 4 is 0 Å². The van der Waals surface area contributed by atoms with Gasteiger partial charge in [0.2, 0.25) is 0 Å². The minimum atomic E-state index is 0.706. The second-order valence-electron chi connectivity index (χ2n) is 3.14. The second-order valence-corrected chi connectivity index (χ2v) is 3.14. The van der Waals surface area contributed by atoms with Crippen LogP contribution in [-0.2, 0) is 4.74 Å². The van der Waals surface area contributed by atoms with Gasteiger partial charge in [0.05, 0.1) is 13.2 Å². The Morgan fingerprint density at radius 1 is 1.58 bits per heavy atom. The van der Waals surface area contributed by atoms with E-state index < -0.39 is 0 Å². The Morgan fingerprint density at radius 3 is 3.17 bits per heavy atom. The molecule has 68 valence electrons. The van der Waals surface area contributed by atoms with Crippen molar-refractivity contribution in [2.24, 2.45) is 5.92 Å². The third kappa shape index (κ3) is 3.75. The van der Waals surface area contributed by atoms with Crippen molar-refractivity contribution in [3.05, 3.63) is 0 Å². The molecule has 0 spiro atoms. The van der Waals surface area contributed by atoms with Gasteiger partial charge < -0.3 is 10.1 Å². The van der Waals surface area contributed by atoms with E-state index in [4.69, 9.17) is 4.74 Å². The molecule has 0 radical (unpaired) electrons. The van der Waals surface area contributed by atoms with Gasteiger partial charge in [0, 0.05) is 13.2 Å². The first-order valence-corrected chi connectivity index (χ1v) is 4.61. The molecule has 1 aliphatic heterocycles. The lowest BCUT2D eigenvalue weighted by Crippen LogP contribution is -2.29. The molecule has 0 aromatic rings. The first-order chi connectivity index (χ1) is 5.93. The molecular weight excluding hydrogens is 150 g/mol. The molecule has 2 heteroatoms. The zero-order chi connectivity index (χ0) is 8.65. The maximum absolute atomic E-state index is 5.36. The van der Waals surface area contributed by atoms with Gasteiger partial charge in [-0.2, -0.15) is 0 Å². The second kappa shape index (κ2) is 6.05. The molecule has 2 nitrogen and oxygen atoms in total. The summed E-state index contributed by atoms with van der Waals surface area (Å²) in [6, 6.07) is 0. The minimum absolute atomic E-state index is 0.706. The first-order valence-electron chi connectivity index (χ1n) is 4.61. The Hall–Kier alpha value is -0.520. The lowest BCUT2D eigenvalue weighted by molar-refractivity contribution is 0.0553. The molecule has 1 saturated heterocycles. The van der Waals surface area contributed by atoms with Gasteiger partial charge in [-0.1, -0.05) is 5.92 Å². The summed E-state index contributed by atoms with van der Waals surface area (Å²) in [6.45, 7) is 5.60. The Kier molecular flexibility index (Phi) is 4.82. The fourth-order valence-electron chi connectivity index (χ4n) is 1.40. The molecular formula is C10H17NO. The molecule has 0 aromatic carbocycles. The van der Waals surface area contributed by atoms with Crippen LogP contribution in [0.15, 0.2) is 0 Å². The van der Waals surface area contributed by atoms with E-state index in [0.717, 1.165) is 26.3 Å². The van der Waals surface area contributed by atoms with E-state index in [0.29, 0.717) is 5.92 Å². The number of nitrogens with one attached hydrogen (secondary N) is 1.